The van der Waals surface area contributed by atoms with Gasteiger partial charge in [0.1, 0.15) is 0 Å². The number of nitrogens with zero attached hydrogens (tertiary/aromatic N) is 2. The van der Waals surface area contributed by atoms with Crippen LogP contribution in [0.1, 0.15) is 29.2 Å². The second kappa shape index (κ2) is 8.32. The van der Waals surface area contributed by atoms with E-state index >= 15 is 0 Å². The highest BCUT2D eigenvalue weighted by Crippen LogP contribution is 2.31. The lowest BCUT2D eigenvalue weighted by atomic mass is 9.99. The van der Waals surface area contributed by atoms with Crippen molar-refractivity contribution in [2.45, 2.75) is 24.8 Å². The van der Waals surface area contributed by atoms with Gasteiger partial charge in [-0.25, -0.2) is 0 Å². The molecule has 0 spiro atoms. The molecule has 0 bridgehead atoms. The normalized spacial score (nSPS) is 14.0. The number of hydrogen-bond donors (Lipinski definition) is 1. The number of ether oxygens (including phenoxy) is 1. The maximum absolute atomic E-state index is 12.9. The highest BCUT2D eigenvalue weighted by atomic mass is 127. The summed E-state index contributed by atoms with van der Waals surface area (Å²) in [6, 6.07) is 7.41. The van der Waals surface area contributed by atoms with Crippen LogP contribution < -0.4 is 0 Å². The quantitative estimate of drug-likeness (QED) is 0.562. The predicted octanol–water partition coefficient (Wildman–Crippen LogP) is 3.24. The Balaban J connectivity index is 2.97. The highest BCUT2D eigenvalue weighted by Gasteiger charge is 2.41. The number of aliphatic hydroxyl groups is 1. The molecule has 22 heavy (non-hydrogen) atoms. The van der Waals surface area contributed by atoms with E-state index in [1.165, 1.54) is 18.2 Å². The van der Waals surface area contributed by atoms with E-state index < -0.39 is 24.8 Å². The van der Waals surface area contributed by atoms with E-state index in [4.69, 9.17) is 15.3 Å². The maximum Gasteiger partial charge on any atom is 0.414 e. The first kappa shape index (κ1) is 18.7. The molecule has 4 nitrogen and oxygen atoms in total. The standard InChI is InChI=1S/C14H12F3IN2O2/c15-14(16,17)13(22-2-1-18)6-12(21)11-4-9(7-19)3-10(5-11)8-20/h3-5,12-13,21H,1-2,6H2. The van der Waals surface area contributed by atoms with Crippen molar-refractivity contribution in [3.05, 3.63) is 34.9 Å². The van der Waals surface area contributed by atoms with E-state index in [9.17, 15) is 18.3 Å². The molecule has 0 fully saturated rings. The molecule has 1 aromatic carbocycles. The monoisotopic (exact) mass is 424 g/mol. The van der Waals surface area contributed by atoms with Crippen molar-refractivity contribution >= 4 is 22.6 Å². The van der Waals surface area contributed by atoms with Crippen molar-refractivity contribution in [1.82, 2.24) is 0 Å². The molecule has 2 unspecified atom stereocenters. The van der Waals surface area contributed by atoms with Gasteiger partial charge in [-0.3, -0.25) is 0 Å². The molecular weight excluding hydrogens is 412 g/mol. The molecule has 0 aliphatic carbocycles. The molecule has 118 valence electrons. The molecule has 0 saturated heterocycles. The molecule has 8 heteroatoms. The van der Waals surface area contributed by atoms with Crippen LogP contribution in [0, 0.1) is 22.7 Å². The Hall–Kier alpha value is -1.36. The van der Waals surface area contributed by atoms with E-state index in [2.05, 4.69) is 0 Å². The number of benzene rings is 1. The first-order valence-electron chi connectivity index (χ1n) is 6.19. The van der Waals surface area contributed by atoms with Gasteiger partial charge in [-0.1, -0.05) is 22.6 Å². The fourth-order valence-electron chi connectivity index (χ4n) is 1.79. The van der Waals surface area contributed by atoms with Gasteiger partial charge < -0.3 is 9.84 Å². The average Bonchev–Trinajstić information content (AvgIpc) is 2.49. The second-order valence-corrected chi connectivity index (χ2v) is 5.49. The smallest absolute Gasteiger partial charge is 0.388 e. The number of halogens is 4. The number of rotatable bonds is 6. The summed E-state index contributed by atoms with van der Waals surface area (Å²) in [5.74, 6) is 0. The summed E-state index contributed by atoms with van der Waals surface area (Å²) in [6.07, 6.45) is -8.88. The Labute approximate surface area is 139 Å². The van der Waals surface area contributed by atoms with Crippen LogP contribution in [-0.4, -0.2) is 28.4 Å². The van der Waals surface area contributed by atoms with Gasteiger partial charge in [0.2, 0.25) is 0 Å². The summed E-state index contributed by atoms with van der Waals surface area (Å²) >= 11 is 1.89. The molecule has 2 atom stereocenters. The number of hydrogen-bond acceptors (Lipinski definition) is 4. The molecule has 0 aliphatic heterocycles. The van der Waals surface area contributed by atoms with Crippen molar-refractivity contribution < 1.29 is 23.0 Å². The first-order valence-corrected chi connectivity index (χ1v) is 7.72. The zero-order valence-electron chi connectivity index (χ0n) is 11.3. The molecule has 0 radical (unpaired) electrons. The van der Waals surface area contributed by atoms with Crippen LogP contribution in [0.4, 0.5) is 13.2 Å². The molecule has 0 aromatic heterocycles. The predicted molar refractivity (Wildman–Crippen MR) is 80.1 cm³/mol. The van der Waals surface area contributed by atoms with Crippen molar-refractivity contribution in [1.29, 1.82) is 10.5 Å². The fraction of sp³-hybridized carbons (Fsp3) is 0.429. The van der Waals surface area contributed by atoms with Crippen LogP contribution in [0.2, 0.25) is 0 Å². The first-order chi connectivity index (χ1) is 10.3. The van der Waals surface area contributed by atoms with Gasteiger partial charge in [0.15, 0.2) is 6.10 Å². The number of alkyl halides is 4. The van der Waals surface area contributed by atoms with Crippen molar-refractivity contribution in [3.8, 4) is 12.1 Å². The summed E-state index contributed by atoms with van der Waals surface area (Å²) in [6.45, 7) is -0.0842. The van der Waals surface area contributed by atoms with Gasteiger partial charge in [-0.05, 0) is 23.8 Å². The molecule has 1 aromatic rings. The third kappa shape index (κ3) is 5.44. The lowest BCUT2D eigenvalue weighted by molar-refractivity contribution is -0.226. The minimum Gasteiger partial charge on any atom is -0.388 e. The van der Waals surface area contributed by atoms with E-state index in [0.717, 1.165) is 0 Å². The van der Waals surface area contributed by atoms with Crippen molar-refractivity contribution in [2.24, 2.45) is 0 Å². The van der Waals surface area contributed by atoms with E-state index in [-0.39, 0.29) is 23.3 Å². The Morgan fingerprint density at radius 2 is 1.73 bits per heavy atom. The van der Waals surface area contributed by atoms with Crippen LogP contribution in [-0.2, 0) is 4.74 Å². The van der Waals surface area contributed by atoms with Crippen LogP contribution in [0.25, 0.3) is 0 Å². The average molecular weight is 424 g/mol. The Morgan fingerprint density at radius 3 is 2.14 bits per heavy atom. The third-order valence-electron chi connectivity index (χ3n) is 2.80. The van der Waals surface area contributed by atoms with Gasteiger partial charge >= 0.3 is 6.18 Å². The lowest BCUT2D eigenvalue weighted by Crippen LogP contribution is -2.34. The minimum atomic E-state index is -4.60. The van der Waals surface area contributed by atoms with Crippen LogP contribution in [0.3, 0.4) is 0 Å². The zero-order valence-corrected chi connectivity index (χ0v) is 13.4. The summed E-state index contributed by atoms with van der Waals surface area (Å²) in [5, 5.41) is 27.7. The van der Waals surface area contributed by atoms with Crippen LogP contribution >= 0.6 is 22.6 Å². The Morgan fingerprint density at radius 1 is 1.18 bits per heavy atom. The van der Waals surface area contributed by atoms with Gasteiger partial charge in [0.05, 0.1) is 36.0 Å². The Kier molecular flexibility index (Phi) is 7.07. The van der Waals surface area contributed by atoms with E-state index in [1.54, 1.807) is 12.1 Å². The van der Waals surface area contributed by atoms with Crippen LogP contribution in [0.15, 0.2) is 18.2 Å². The topological polar surface area (TPSA) is 77.0 Å². The SMILES string of the molecule is N#Cc1cc(C#N)cc(C(O)CC(OCCI)C(F)(F)F)c1. The largest absolute Gasteiger partial charge is 0.414 e. The van der Waals surface area contributed by atoms with Crippen molar-refractivity contribution in [3.63, 3.8) is 0 Å². The number of nitriles is 2. The summed E-state index contributed by atoms with van der Waals surface area (Å²) < 4.78 is 43.7. The zero-order chi connectivity index (χ0) is 16.8. The molecule has 1 rings (SSSR count). The number of aliphatic hydroxyl groups excluding tert-OH is 1. The van der Waals surface area contributed by atoms with Gasteiger partial charge in [0, 0.05) is 10.8 Å². The van der Waals surface area contributed by atoms with Crippen molar-refractivity contribution in [2.75, 3.05) is 11.0 Å². The van der Waals surface area contributed by atoms with Crippen LogP contribution in [0.5, 0.6) is 0 Å². The molecule has 0 heterocycles. The summed E-state index contributed by atoms with van der Waals surface area (Å²) in [4.78, 5) is 0. The Bertz CT molecular complexity index is 561. The fourth-order valence-corrected chi connectivity index (χ4v) is 2.05. The van der Waals surface area contributed by atoms with Gasteiger partial charge in [-0.15, -0.1) is 0 Å². The minimum absolute atomic E-state index is 0.0842. The van der Waals surface area contributed by atoms with E-state index in [0.29, 0.717) is 4.43 Å². The second-order valence-electron chi connectivity index (χ2n) is 4.41. The van der Waals surface area contributed by atoms with Gasteiger partial charge in [-0.2, -0.15) is 23.7 Å². The molecule has 0 aliphatic rings. The maximum atomic E-state index is 12.9. The summed E-state index contributed by atoms with van der Waals surface area (Å²) in [7, 11) is 0. The van der Waals surface area contributed by atoms with E-state index in [1.807, 2.05) is 22.6 Å². The molecule has 0 saturated carbocycles. The molecule has 1 N–H and O–H groups in total. The molecule has 0 amide bonds. The summed E-state index contributed by atoms with van der Waals surface area (Å²) in [5.41, 5.74) is 0.289. The molecular formula is C14H12F3IN2O2. The third-order valence-corrected chi connectivity index (χ3v) is 3.24. The van der Waals surface area contributed by atoms with Gasteiger partial charge in [0.25, 0.3) is 0 Å². The lowest BCUT2D eigenvalue weighted by Gasteiger charge is -2.23. The highest BCUT2D eigenvalue weighted by molar-refractivity contribution is 14.1.